The third-order valence-corrected chi connectivity index (χ3v) is 6.24. The van der Waals surface area contributed by atoms with Crippen LogP contribution < -0.4 is 4.90 Å². The summed E-state index contributed by atoms with van der Waals surface area (Å²) < 4.78 is 10.9. The molecule has 7 heteroatoms. The molecule has 154 valence electrons. The van der Waals surface area contributed by atoms with Gasteiger partial charge in [-0.25, -0.2) is 9.78 Å². The Labute approximate surface area is 182 Å². The number of amides is 1. The van der Waals surface area contributed by atoms with Crippen molar-refractivity contribution < 1.29 is 18.7 Å². The number of aromatic nitrogens is 1. The van der Waals surface area contributed by atoms with E-state index in [1.165, 1.54) is 6.39 Å². The molecule has 1 atom stereocenters. The molecule has 0 N–H and O–H groups in total. The number of benzene rings is 3. The van der Waals surface area contributed by atoms with Gasteiger partial charge in [0.2, 0.25) is 0 Å². The van der Waals surface area contributed by atoms with E-state index in [9.17, 15) is 9.59 Å². The standard InChI is InChI=1S/C24H18N2O4S/c1-2-19(30-24(28)15-11-12-20-16(13-15)25-14-29-20)23(27)26-17-7-3-5-9-21(17)31-22-10-6-4-8-18(22)26/h3-14,19H,2H2,1H3. The number of ether oxygens (including phenoxy) is 1. The topological polar surface area (TPSA) is 72.6 Å². The summed E-state index contributed by atoms with van der Waals surface area (Å²) in [5.41, 5.74) is 3.04. The van der Waals surface area contributed by atoms with Crippen LogP contribution in [-0.2, 0) is 9.53 Å². The van der Waals surface area contributed by atoms with Gasteiger partial charge in [0.1, 0.15) is 5.52 Å². The molecule has 1 unspecified atom stereocenters. The van der Waals surface area contributed by atoms with Crippen molar-refractivity contribution in [3.05, 3.63) is 78.7 Å². The quantitative estimate of drug-likeness (QED) is 0.393. The Morgan fingerprint density at radius 1 is 1.03 bits per heavy atom. The van der Waals surface area contributed by atoms with Crippen molar-refractivity contribution in [2.24, 2.45) is 0 Å². The highest BCUT2D eigenvalue weighted by Gasteiger charge is 2.34. The molecular weight excluding hydrogens is 412 g/mol. The van der Waals surface area contributed by atoms with Crippen molar-refractivity contribution in [1.29, 1.82) is 0 Å². The van der Waals surface area contributed by atoms with Gasteiger partial charge in [-0.3, -0.25) is 9.69 Å². The number of carbonyl (C=O) groups excluding carboxylic acids is 2. The number of hydrogen-bond acceptors (Lipinski definition) is 6. The number of nitrogens with zero attached hydrogens (tertiary/aromatic N) is 2. The minimum atomic E-state index is -0.926. The Hall–Kier alpha value is -3.58. The molecule has 0 saturated carbocycles. The first kappa shape index (κ1) is 19.4. The first-order valence-corrected chi connectivity index (χ1v) is 10.7. The molecule has 0 radical (unpaired) electrons. The van der Waals surface area contributed by atoms with Crippen molar-refractivity contribution >= 4 is 46.1 Å². The van der Waals surface area contributed by atoms with E-state index in [1.807, 2.05) is 55.5 Å². The molecular formula is C24H18N2O4S. The van der Waals surface area contributed by atoms with Gasteiger partial charge in [-0.05, 0) is 48.9 Å². The van der Waals surface area contributed by atoms with E-state index in [0.717, 1.165) is 21.2 Å². The lowest BCUT2D eigenvalue weighted by molar-refractivity contribution is -0.126. The number of para-hydroxylation sites is 2. The second kappa shape index (κ2) is 7.92. The zero-order chi connectivity index (χ0) is 21.4. The van der Waals surface area contributed by atoms with Crippen LogP contribution in [0.3, 0.4) is 0 Å². The first-order valence-electron chi connectivity index (χ1n) is 9.90. The summed E-state index contributed by atoms with van der Waals surface area (Å²) in [4.78, 5) is 34.1. The predicted octanol–water partition coefficient (Wildman–Crippen LogP) is 5.59. The highest BCUT2D eigenvalue weighted by atomic mass is 32.2. The summed E-state index contributed by atoms with van der Waals surface area (Å²) in [5.74, 6) is -0.850. The molecule has 0 bridgehead atoms. The van der Waals surface area contributed by atoms with Crippen LogP contribution in [0.2, 0.25) is 0 Å². The molecule has 2 heterocycles. The van der Waals surface area contributed by atoms with Gasteiger partial charge in [0.05, 0.1) is 16.9 Å². The van der Waals surface area contributed by atoms with Gasteiger partial charge < -0.3 is 9.15 Å². The number of carbonyl (C=O) groups is 2. The number of fused-ring (bicyclic) bond motifs is 3. The van der Waals surface area contributed by atoms with E-state index in [1.54, 1.807) is 34.9 Å². The van der Waals surface area contributed by atoms with Gasteiger partial charge in [-0.2, -0.15) is 0 Å². The lowest BCUT2D eigenvalue weighted by Gasteiger charge is -2.33. The van der Waals surface area contributed by atoms with Gasteiger partial charge in [-0.1, -0.05) is 43.0 Å². The Morgan fingerprint density at radius 2 is 1.71 bits per heavy atom. The number of oxazole rings is 1. The number of esters is 1. The van der Waals surface area contributed by atoms with Crippen LogP contribution in [0.4, 0.5) is 11.4 Å². The van der Waals surface area contributed by atoms with E-state index in [2.05, 4.69) is 4.98 Å². The van der Waals surface area contributed by atoms with E-state index < -0.39 is 12.1 Å². The Bertz CT molecular complexity index is 1250. The van der Waals surface area contributed by atoms with Crippen molar-refractivity contribution in [3.63, 3.8) is 0 Å². The Kier molecular flexibility index (Phi) is 4.95. The van der Waals surface area contributed by atoms with Crippen LogP contribution in [0.25, 0.3) is 11.1 Å². The molecule has 1 aromatic heterocycles. The molecule has 6 nitrogen and oxygen atoms in total. The fourth-order valence-corrected chi connectivity index (χ4v) is 4.63. The zero-order valence-electron chi connectivity index (χ0n) is 16.6. The van der Waals surface area contributed by atoms with Gasteiger partial charge in [0.25, 0.3) is 5.91 Å². The molecule has 0 aliphatic carbocycles. The highest BCUT2D eigenvalue weighted by Crippen LogP contribution is 2.48. The van der Waals surface area contributed by atoms with E-state index >= 15 is 0 Å². The van der Waals surface area contributed by atoms with Crippen LogP contribution in [0.5, 0.6) is 0 Å². The molecule has 1 aliphatic heterocycles. The minimum Gasteiger partial charge on any atom is -0.449 e. The third-order valence-electron chi connectivity index (χ3n) is 5.11. The minimum absolute atomic E-state index is 0.279. The normalized spacial score (nSPS) is 13.4. The monoisotopic (exact) mass is 430 g/mol. The molecule has 0 spiro atoms. The molecule has 4 aromatic rings. The van der Waals surface area contributed by atoms with Gasteiger partial charge in [0, 0.05) is 9.79 Å². The highest BCUT2D eigenvalue weighted by molar-refractivity contribution is 7.99. The molecule has 1 aliphatic rings. The Morgan fingerprint density at radius 3 is 2.39 bits per heavy atom. The SMILES string of the molecule is CCC(OC(=O)c1ccc2ocnc2c1)C(=O)N1c2ccccc2Sc2ccccc21. The zero-order valence-corrected chi connectivity index (χ0v) is 17.5. The predicted molar refractivity (Wildman–Crippen MR) is 118 cm³/mol. The molecule has 3 aromatic carbocycles. The average molecular weight is 430 g/mol. The van der Waals surface area contributed by atoms with Crippen LogP contribution >= 0.6 is 11.8 Å². The number of hydrogen-bond donors (Lipinski definition) is 0. The smallest absolute Gasteiger partial charge is 0.338 e. The summed E-state index contributed by atoms with van der Waals surface area (Å²) in [7, 11) is 0. The second-order valence-corrected chi connectivity index (χ2v) is 8.13. The first-order chi connectivity index (χ1) is 15.2. The maximum atomic E-state index is 13.6. The summed E-state index contributed by atoms with van der Waals surface area (Å²) in [6.45, 7) is 1.83. The molecule has 5 rings (SSSR count). The van der Waals surface area contributed by atoms with Gasteiger partial charge in [-0.15, -0.1) is 0 Å². The molecule has 1 amide bonds. The van der Waals surface area contributed by atoms with E-state index in [4.69, 9.17) is 9.15 Å². The van der Waals surface area contributed by atoms with Crippen LogP contribution in [0, 0.1) is 0 Å². The van der Waals surface area contributed by atoms with E-state index in [0.29, 0.717) is 23.1 Å². The number of anilines is 2. The van der Waals surface area contributed by atoms with Crippen molar-refractivity contribution in [3.8, 4) is 0 Å². The van der Waals surface area contributed by atoms with Crippen molar-refractivity contribution in [2.75, 3.05) is 4.90 Å². The largest absolute Gasteiger partial charge is 0.449 e. The Balaban J connectivity index is 1.46. The fourth-order valence-electron chi connectivity index (χ4n) is 3.58. The van der Waals surface area contributed by atoms with Crippen molar-refractivity contribution in [1.82, 2.24) is 4.98 Å². The third kappa shape index (κ3) is 3.47. The summed E-state index contributed by atoms with van der Waals surface area (Å²) in [5, 5.41) is 0. The van der Waals surface area contributed by atoms with Crippen LogP contribution in [0.15, 0.2) is 87.3 Å². The maximum absolute atomic E-state index is 13.6. The fraction of sp³-hybridized carbons (Fsp3) is 0.125. The lowest BCUT2D eigenvalue weighted by Crippen LogP contribution is -2.39. The summed E-state index contributed by atoms with van der Waals surface area (Å²) in [6, 6.07) is 20.3. The maximum Gasteiger partial charge on any atom is 0.338 e. The summed E-state index contributed by atoms with van der Waals surface area (Å²) in [6.07, 6.45) is 0.747. The molecule has 0 saturated heterocycles. The second-order valence-electron chi connectivity index (χ2n) is 7.05. The van der Waals surface area contributed by atoms with Gasteiger partial charge in [0.15, 0.2) is 18.1 Å². The van der Waals surface area contributed by atoms with Crippen LogP contribution in [0.1, 0.15) is 23.7 Å². The lowest BCUT2D eigenvalue weighted by atomic mass is 10.1. The number of rotatable bonds is 4. The average Bonchev–Trinajstić information content (AvgIpc) is 3.28. The molecule has 31 heavy (non-hydrogen) atoms. The van der Waals surface area contributed by atoms with Crippen LogP contribution in [-0.4, -0.2) is 23.0 Å². The molecule has 0 fully saturated rings. The summed E-state index contributed by atoms with van der Waals surface area (Å²) >= 11 is 1.62. The van der Waals surface area contributed by atoms with E-state index in [-0.39, 0.29) is 5.91 Å². The van der Waals surface area contributed by atoms with Crippen molar-refractivity contribution in [2.45, 2.75) is 29.2 Å². The van der Waals surface area contributed by atoms with Gasteiger partial charge >= 0.3 is 5.97 Å².